The Kier molecular flexibility index (Phi) is 4.74. The highest BCUT2D eigenvalue weighted by Crippen LogP contribution is 2.24. The molecule has 3 aromatic rings. The Balaban J connectivity index is 1.87. The van der Waals surface area contributed by atoms with Crippen LogP contribution in [0, 0.1) is 10.1 Å². The van der Waals surface area contributed by atoms with Gasteiger partial charge in [-0.05, 0) is 18.2 Å². The predicted octanol–water partition coefficient (Wildman–Crippen LogP) is 3.53. The van der Waals surface area contributed by atoms with E-state index in [0.29, 0.717) is 5.95 Å². The summed E-state index contributed by atoms with van der Waals surface area (Å²) in [7, 11) is 1.78. The maximum Gasteiger partial charge on any atom is 0.387 e. The molecule has 0 unspecified atom stereocenters. The number of aryl methyl sites for hydroxylation is 1. The molecule has 0 spiro atoms. The zero-order chi connectivity index (χ0) is 18.7. The van der Waals surface area contributed by atoms with Crippen molar-refractivity contribution in [3.63, 3.8) is 0 Å². The number of non-ortho nitro benzene ring substituents is 1. The van der Waals surface area contributed by atoms with E-state index in [1.165, 1.54) is 0 Å². The molecule has 0 fully saturated rings. The highest BCUT2D eigenvalue weighted by molar-refractivity contribution is 5.85. The molecule has 3 rings (SSSR count). The number of rotatable bonds is 6. The quantitative estimate of drug-likeness (QED) is 0.412. The molecule has 0 radical (unpaired) electrons. The summed E-state index contributed by atoms with van der Waals surface area (Å²) in [6.07, 6.45) is 1.16. The number of hydrogen-bond donors (Lipinski definition) is 1. The molecule has 0 bridgehead atoms. The lowest BCUT2D eigenvalue weighted by Crippen LogP contribution is -2.05. The second-order valence-corrected chi connectivity index (χ2v) is 5.21. The molecule has 10 heteroatoms. The van der Waals surface area contributed by atoms with Crippen molar-refractivity contribution in [2.45, 2.75) is 6.61 Å². The first-order valence-electron chi connectivity index (χ1n) is 7.39. The molecule has 0 aliphatic heterocycles. The summed E-state index contributed by atoms with van der Waals surface area (Å²) < 4.78 is 31.1. The molecular weight excluding hydrogens is 348 g/mol. The Labute approximate surface area is 145 Å². The topological polar surface area (TPSA) is 94.6 Å². The van der Waals surface area contributed by atoms with E-state index < -0.39 is 11.5 Å². The molecule has 26 heavy (non-hydrogen) atoms. The second kappa shape index (κ2) is 7.13. The monoisotopic (exact) mass is 361 g/mol. The van der Waals surface area contributed by atoms with Gasteiger partial charge in [-0.1, -0.05) is 12.1 Å². The summed E-state index contributed by atoms with van der Waals surface area (Å²) in [5.41, 5.74) is 4.09. The smallest absolute Gasteiger partial charge is 0.387 e. The molecule has 1 N–H and O–H groups in total. The molecule has 0 saturated carbocycles. The van der Waals surface area contributed by atoms with Crippen molar-refractivity contribution in [3.05, 3.63) is 58.1 Å². The van der Waals surface area contributed by atoms with E-state index in [4.69, 9.17) is 0 Å². The van der Waals surface area contributed by atoms with Gasteiger partial charge in [-0.15, -0.1) is 0 Å². The van der Waals surface area contributed by atoms with Gasteiger partial charge in [0.15, 0.2) is 0 Å². The van der Waals surface area contributed by atoms with Crippen LogP contribution >= 0.6 is 0 Å². The number of nitro groups is 1. The largest absolute Gasteiger partial charge is 0.434 e. The van der Waals surface area contributed by atoms with Gasteiger partial charge in [0.1, 0.15) is 5.75 Å². The lowest BCUT2D eigenvalue weighted by Gasteiger charge is -2.07. The van der Waals surface area contributed by atoms with Crippen LogP contribution < -0.4 is 10.2 Å². The molecule has 1 heterocycles. The summed E-state index contributed by atoms with van der Waals surface area (Å²) in [6.45, 7) is -3.06. The molecule has 2 aromatic carbocycles. The zero-order valence-electron chi connectivity index (χ0n) is 13.5. The number of alkyl halides is 2. The number of ether oxygens (including phenoxy) is 1. The lowest BCUT2D eigenvalue weighted by atomic mass is 10.2. The van der Waals surface area contributed by atoms with E-state index in [1.807, 2.05) is 24.3 Å². The number of nitro benzene ring substituents is 1. The average molecular weight is 361 g/mol. The zero-order valence-corrected chi connectivity index (χ0v) is 13.5. The predicted molar refractivity (Wildman–Crippen MR) is 91.7 cm³/mol. The summed E-state index contributed by atoms with van der Waals surface area (Å²) in [6, 6.07) is 10.7. The van der Waals surface area contributed by atoms with E-state index in [9.17, 15) is 18.9 Å². The first-order chi connectivity index (χ1) is 12.5. The number of fused-ring (bicyclic) bond motifs is 1. The van der Waals surface area contributed by atoms with Crippen molar-refractivity contribution in [2.24, 2.45) is 12.1 Å². The third kappa shape index (κ3) is 3.58. The van der Waals surface area contributed by atoms with Gasteiger partial charge < -0.3 is 9.30 Å². The molecule has 0 atom stereocenters. The van der Waals surface area contributed by atoms with E-state index >= 15 is 0 Å². The lowest BCUT2D eigenvalue weighted by molar-refractivity contribution is -0.384. The number of halogens is 2. The Hall–Kier alpha value is -3.56. The van der Waals surface area contributed by atoms with Crippen molar-refractivity contribution in [1.82, 2.24) is 9.55 Å². The fourth-order valence-corrected chi connectivity index (χ4v) is 2.36. The minimum Gasteiger partial charge on any atom is -0.434 e. The van der Waals surface area contributed by atoms with E-state index in [1.54, 1.807) is 11.6 Å². The Morgan fingerprint density at radius 2 is 2.12 bits per heavy atom. The van der Waals surface area contributed by atoms with Crippen LogP contribution in [0.3, 0.4) is 0 Å². The number of para-hydroxylation sites is 2. The number of anilines is 1. The van der Waals surface area contributed by atoms with Gasteiger partial charge in [-0.25, -0.2) is 10.4 Å². The maximum atomic E-state index is 12.5. The molecule has 0 aliphatic rings. The van der Waals surface area contributed by atoms with Crippen molar-refractivity contribution in [2.75, 3.05) is 5.43 Å². The first-order valence-corrected chi connectivity index (χ1v) is 7.39. The maximum absolute atomic E-state index is 12.5. The molecular formula is C16H13F2N5O3. The number of nitrogens with zero attached hydrogens (tertiary/aromatic N) is 4. The summed E-state index contributed by atoms with van der Waals surface area (Å²) in [5.74, 6) is 0.199. The highest BCUT2D eigenvalue weighted by atomic mass is 19.3. The van der Waals surface area contributed by atoms with Crippen LogP contribution in [0.4, 0.5) is 20.4 Å². The number of benzene rings is 2. The Morgan fingerprint density at radius 3 is 2.81 bits per heavy atom. The molecule has 0 saturated heterocycles. The van der Waals surface area contributed by atoms with Crippen molar-refractivity contribution in [1.29, 1.82) is 0 Å². The third-order valence-corrected chi connectivity index (χ3v) is 3.58. The molecule has 0 amide bonds. The number of aromatic nitrogens is 2. The Bertz CT molecular complexity index is 987. The molecule has 134 valence electrons. The van der Waals surface area contributed by atoms with Crippen LogP contribution in [0.1, 0.15) is 5.56 Å². The van der Waals surface area contributed by atoms with Gasteiger partial charge in [0.25, 0.3) is 5.69 Å². The minimum atomic E-state index is -3.06. The molecule has 1 aromatic heterocycles. The fraction of sp³-hybridized carbons (Fsp3) is 0.125. The van der Waals surface area contributed by atoms with Crippen molar-refractivity contribution >= 4 is 28.9 Å². The number of hydrazone groups is 1. The van der Waals surface area contributed by atoms with Crippen LogP contribution in [0.25, 0.3) is 11.0 Å². The number of hydrogen-bond acceptors (Lipinski definition) is 6. The van der Waals surface area contributed by atoms with E-state index in [0.717, 1.165) is 35.4 Å². The van der Waals surface area contributed by atoms with Crippen LogP contribution in [-0.4, -0.2) is 27.3 Å². The Morgan fingerprint density at radius 1 is 1.35 bits per heavy atom. The summed E-state index contributed by atoms with van der Waals surface area (Å²) >= 11 is 0. The fourth-order valence-electron chi connectivity index (χ4n) is 2.36. The first kappa shape index (κ1) is 17.3. The SMILES string of the molecule is Cn1c(N/N=C/c2cc([N+](=O)[O-])ccc2OC(F)F)nc2ccccc21. The average Bonchev–Trinajstić information content (AvgIpc) is 2.92. The van der Waals surface area contributed by atoms with Gasteiger partial charge in [-0.2, -0.15) is 13.9 Å². The van der Waals surface area contributed by atoms with Gasteiger partial charge in [0.05, 0.1) is 22.2 Å². The second-order valence-electron chi connectivity index (χ2n) is 5.21. The van der Waals surface area contributed by atoms with Gasteiger partial charge in [-0.3, -0.25) is 10.1 Å². The van der Waals surface area contributed by atoms with Gasteiger partial charge in [0, 0.05) is 24.7 Å². The third-order valence-electron chi connectivity index (χ3n) is 3.58. The van der Waals surface area contributed by atoms with Crippen LogP contribution in [0.15, 0.2) is 47.6 Å². The standard InChI is InChI=1S/C16H13F2N5O3/c1-22-13-5-3-2-4-12(13)20-16(22)21-19-9-10-8-11(23(24)25)6-7-14(10)26-15(17)18/h2-9,15H,1H3,(H,20,21)/b19-9+. The van der Waals surface area contributed by atoms with Crippen LogP contribution in [0.2, 0.25) is 0 Å². The van der Waals surface area contributed by atoms with Crippen molar-refractivity contribution in [3.8, 4) is 5.75 Å². The van der Waals surface area contributed by atoms with E-state index in [-0.39, 0.29) is 17.0 Å². The highest BCUT2D eigenvalue weighted by Gasteiger charge is 2.14. The van der Waals surface area contributed by atoms with Crippen LogP contribution in [-0.2, 0) is 7.05 Å². The summed E-state index contributed by atoms with van der Waals surface area (Å²) in [4.78, 5) is 14.6. The minimum absolute atomic E-state index is 0.0331. The molecule has 0 aliphatic carbocycles. The van der Waals surface area contributed by atoms with Crippen LogP contribution in [0.5, 0.6) is 5.75 Å². The molecule has 8 nitrogen and oxygen atoms in total. The van der Waals surface area contributed by atoms with Crippen molar-refractivity contribution < 1.29 is 18.4 Å². The number of nitrogens with one attached hydrogen (secondary N) is 1. The summed E-state index contributed by atoms with van der Waals surface area (Å²) in [5, 5.41) is 14.8. The van der Waals surface area contributed by atoms with Gasteiger partial charge >= 0.3 is 6.61 Å². The normalized spacial score (nSPS) is 11.4. The van der Waals surface area contributed by atoms with Gasteiger partial charge in [0.2, 0.25) is 5.95 Å². The number of imidazole rings is 1. The van der Waals surface area contributed by atoms with E-state index in [2.05, 4.69) is 20.2 Å².